The second-order valence-corrected chi connectivity index (χ2v) is 6.31. The highest BCUT2D eigenvalue weighted by atomic mass is 16.5. The number of rotatable bonds is 4. The highest BCUT2D eigenvalue weighted by Gasteiger charge is 2.26. The molecule has 1 aliphatic rings. The zero-order valence-corrected chi connectivity index (χ0v) is 14.5. The SMILES string of the molecule is COc1ccc2cc(C(=O)N3CCC(Oc4cccnn4)CC3)[nH]c2c1. The van der Waals surface area contributed by atoms with Crippen molar-refractivity contribution in [2.24, 2.45) is 0 Å². The number of fused-ring (bicyclic) bond motifs is 1. The fourth-order valence-corrected chi connectivity index (χ4v) is 3.22. The Morgan fingerprint density at radius 3 is 2.81 bits per heavy atom. The molecule has 3 aromatic rings. The quantitative estimate of drug-likeness (QED) is 0.781. The lowest BCUT2D eigenvalue weighted by Crippen LogP contribution is -2.42. The number of amides is 1. The van der Waals surface area contributed by atoms with Crippen LogP contribution in [0.15, 0.2) is 42.6 Å². The van der Waals surface area contributed by atoms with E-state index in [-0.39, 0.29) is 12.0 Å². The molecule has 0 atom stereocenters. The molecule has 1 saturated heterocycles. The van der Waals surface area contributed by atoms with E-state index in [0.29, 0.717) is 24.7 Å². The average molecular weight is 352 g/mol. The standard InChI is InChI=1S/C19H20N4O3/c1-25-15-5-4-13-11-17(21-16(13)12-15)19(24)23-9-6-14(7-10-23)26-18-3-2-8-20-22-18/h2-5,8,11-12,14,21H,6-7,9-10H2,1H3. The van der Waals surface area contributed by atoms with Crippen LogP contribution < -0.4 is 9.47 Å². The van der Waals surface area contributed by atoms with Gasteiger partial charge in [0.1, 0.15) is 17.5 Å². The van der Waals surface area contributed by atoms with Crippen LogP contribution in [0.4, 0.5) is 0 Å². The maximum Gasteiger partial charge on any atom is 0.270 e. The van der Waals surface area contributed by atoms with Gasteiger partial charge in [-0.05, 0) is 24.3 Å². The first-order valence-electron chi connectivity index (χ1n) is 8.63. The van der Waals surface area contributed by atoms with Gasteiger partial charge >= 0.3 is 0 Å². The largest absolute Gasteiger partial charge is 0.497 e. The molecule has 1 N–H and O–H groups in total. The molecule has 4 rings (SSSR count). The number of hydrogen-bond acceptors (Lipinski definition) is 5. The average Bonchev–Trinajstić information content (AvgIpc) is 3.12. The van der Waals surface area contributed by atoms with Crippen LogP contribution in [0.2, 0.25) is 0 Å². The number of aromatic amines is 1. The predicted octanol–water partition coefficient (Wildman–Crippen LogP) is 2.65. The first kappa shape index (κ1) is 16.4. The van der Waals surface area contributed by atoms with E-state index in [1.165, 1.54) is 0 Å². The number of nitrogens with one attached hydrogen (secondary N) is 1. The lowest BCUT2D eigenvalue weighted by atomic mass is 10.1. The molecule has 2 aromatic heterocycles. The van der Waals surface area contributed by atoms with Crippen LogP contribution >= 0.6 is 0 Å². The number of benzene rings is 1. The minimum absolute atomic E-state index is 0.0121. The van der Waals surface area contributed by atoms with Gasteiger partial charge in [-0.15, -0.1) is 5.10 Å². The Kier molecular flexibility index (Phi) is 4.43. The van der Waals surface area contributed by atoms with E-state index in [0.717, 1.165) is 29.5 Å². The molecule has 134 valence electrons. The van der Waals surface area contributed by atoms with Gasteiger partial charge in [0, 0.05) is 55.2 Å². The Morgan fingerprint density at radius 2 is 2.08 bits per heavy atom. The Bertz CT molecular complexity index is 902. The van der Waals surface area contributed by atoms with Gasteiger partial charge in [0.2, 0.25) is 5.88 Å². The Morgan fingerprint density at radius 1 is 1.23 bits per heavy atom. The number of carbonyl (C=O) groups is 1. The molecule has 7 heteroatoms. The summed E-state index contributed by atoms with van der Waals surface area (Å²) in [5.74, 6) is 1.31. The van der Waals surface area contributed by atoms with Gasteiger partial charge in [0.15, 0.2) is 0 Å². The summed E-state index contributed by atoms with van der Waals surface area (Å²) in [6, 6.07) is 11.2. The zero-order valence-electron chi connectivity index (χ0n) is 14.5. The molecule has 1 fully saturated rings. The van der Waals surface area contributed by atoms with Crippen molar-refractivity contribution in [2.75, 3.05) is 20.2 Å². The van der Waals surface area contributed by atoms with Crippen molar-refractivity contribution >= 4 is 16.8 Å². The molecule has 0 radical (unpaired) electrons. The summed E-state index contributed by atoms with van der Waals surface area (Å²) in [7, 11) is 1.63. The van der Waals surface area contributed by atoms with E-state index in [1.54, 1.807) is 25.4 Å². The third kappa shape index (κ3) is 3.33. The molecule has 1 aromatic carbocycles. The molecule has 3 heterocycles. The van der Waals surface area contributed by atoms with Gasteiger partial charge in [0.05, 0.1) is 7.11 Å². The number of likely N-dealkylation sites (tertiary alicyclic amines) is 1. The molecule has 7 nitrogen and oxygen atoms in total. The topological polar surface area (TPSA) is 80.3 Å². The van der Waals surface area contributed by atoms with Gasteiger partial charge in [-0.1, -0.05) is 0 Å². The van der Waals surface area contributed by atoms with E-state index in [2.05, 4.69) is 15.2 Å². The normalized spacial score (nSPS) is 15.2. The summed E-state index contributed by atoms with van der Waals surface area (Å²) in [6.45, 7) is 1.31. The fraction of sp³-hybridized carbons (Fsp3) is 0.316. The Balaban J connectivity index is 1.40. The van der Waals surface area contributed by atoms with Crippen molar-refractivity contribution in [1.29, 1.82) is 0 Å². The third-order valence-electron chi connectivity index (χ3n) is 4.62. The van der Waals surface area contributed by atoms with Crippen molar-refractivity contribution in [3.8, 4) is 11.6 Å². The van der Waals surface area contributed by atoms with Crippen LogP contribution in [0, 0.1) is 0 Å². The number of nitrogens with zero attached hydrogens (tertiary/aromatic N) is 3. The number of aromatic nitrogens is 3. The first-order chi connectivity index (χ1) is 12.7. The van der Waals surface area contributed by atoms with E-state index < -0.39 is 0 Å². The lowest BCUT2D eigenvalue weighted by molar-refractivity contribution is 0.0581. The summed E-state index contributed by atoms with van der Waals surface area (Å²) < 4.78 is 11.1. The van der Waals surface area contributed by atoms with E-state index in [9.17, 15) is 4.79 Å². The second-order valence-electron chi connectivity index (χ2n) is 6.31. The van der Waals surface area contributed by atoms with Gasteiger partial charge in [-0.3, -0.25) is 4.79 Å². The van der Waals surface area contributed by atoms with Gasteiger partial charge in [0.25, 0.3) is 5.91 Å². The minimum atomic E-state index is 0.0121. The molecule has 1 amide bonds. The van der Waals surface area contributed by atoms with Crippen molar-refractivity contribution in [3.05, 3.63) is 48.3 Å². The summed E-state index contributed by atoms with van der Waals surface area (Å²) in [4.78, 5) is 17.8. The maximum absolute atomic E-state index is 12.8. The lowest BCUT2D eigenvalue weighted by Gasteiger charge is -2.31. The number of hydrogen-bond donors (Lipinski definition) is 1. The monoisotopic (exact) mass is 352 g/mol. The van der Waals surface area contributed by atoms with E-state index in [1.807, 2.05) is 29.2 Å². The predicted molar refractivity (Wildman–Crippen MR) is 96.4 cm³/mol. The Hall–Kier alpha value is -3.09. The molecular weight excluding hydrogens is 332 g/mol. The number of piperidine rings is 1. The van der Waals surface area contributed by atoms with Gasteiger partial charge in [-0.25, -0.2) is 0 Å². The van der Waals surface area contributed by atoms with E-state index in [4.69, 9.17) is 9.47 Å². The summed E-state index contributed by atoms with van der Waals surface area (Å²) in [6.07, 6.45) is 3.22. The molecule has 0 bridgehead atoms. The first-order valence-corrected chi connectivity index (χ1v) is 8.63. The summed E-state index contributed by atoms with van der Waals surface area (Å²) >= 11 is 0. The number of ether oxygens (including phenoxy) is 2. The van der Waals surface area contributed by atoms with Gasteiger partial charge in [-0.2, -0.15) is 5.10 Å². The molecule has 26 heavy (non-hydrogen) atoms. The zero-order chi connectivity index (χ0) is 17.9. The van der Waals surface area contributed by atoms with Crippen LogP contribution in [0.1, 0.15) is 23.3 Å². The Labute approximate surface area is 150 Å². The molecule has 0 aliphatic carbocycles. The van der Waals surface area contributed by atoms with Crippen molar-refractivity contribution in [2.45, 2.75) is 18.9 Å². The van der Waals surface area contributed by atoms with Crippen molar-refractivity contribution < 1.29 is 14.3 Å². The second kappa shape index (κ2) is 7.03. The molecule has 0 spiro atoms. The summed E-state index contributed by atoms with van der Waals surface area (Å²) in [5.41, 5.74) is 1.50. The molecular formula is C19H20N4O3. The minimum Gasteiger partial charge on any atom is -0.497 e. The van der Waals surface area contributed by atoms with Crippen LogP contribution in [0.25, 0.3) is 10.9 Å². The van der Waals surface area contributed by atoms with E-state index >= 15 is 0 Å². The number of carbonyl (C=O) groups excluding carboxylic acids is 1. The summed E-state index contributed by atoms with van der Waals surface area (Å²) in [5, 5.41) is 8.75. The smallest absolute Gasteiger partial charge is 0.270 e. The van der Waals surface area contributed by atoms with Crippen molar-refractivity contribution in [1.82, 2.24) is 20.1 Å². The molecule has 0 unspecified atom stereocenters. The number of methoxy groups -OCH3 is 1. The highest BCUT2D eigenvalue weighted by molar-refractivity contribution is 5.98. The van der Waals surface area contributed by atoms with Gasteiger partial charge < -0.3 is 19.4 Å². The molecule has 0 saturated carbocycles. The van der Waals surface area contributed by atoms with Crippen LogP contribution in [0.5, 0.6) is 11.6 Å². The highest BCUT2D eigenvalue weighted by Crippen LogP contribution is 2.23. The van der Waals surface area contributed by atoms with Crippen LogP contribution in [-0.2, 0) is 0 Å². The maximum atomic E-state index is 12.8. The fourth-order valence-electron chi connectivity index (χ4n) is 3.22. The van der Waals surface area contributed by atoms with Crippen molar-refractivity contribution in [3.63, 3.8) is 0 Å². The van der Waals surface area contributed by atoms with Crippen LogP contribution in [0.3, 0.4) is 0 Å². The van der Waals surface area contributed by atoms with Crippen LogP contribution in [-0.4, -0.2) is 52.3 Å². The number of H-pyrrole nitrogens is 1. The third-order valence-corrected chi connectivity index (χ3v) is 4.62. The molecule has 1 aliphatic heterocycles.